The molecule has 1 aliphatic carbocycles. The fourth-order valence-corrected chi connectivity index (χ4v) is 4.86. The number of ether oxygens (including phenoxy) is 2. The van der Waals surface area contributed by atoms with Gasteiger partial charge >= 0.3 is 0 Å². The minimum absolute atomic E-state index is 0.0148. The van der Waals surface area contributed by atoms with Gasteiger partial charge in [-0.05, 0) is 25.0 Å². The van der Waals surface area contributed by atoms with E-state index in [4.69, 9.17) is 9.47 Å². The van der Waals surface area contributed by atoms with Crippen LogP contribution in [0.1, 0.15) is 12.8 Å². The molecule has 1 aromatic carbocycles. The van der Waals surface area contributed by atoms with Gasteiger partial charge in [-0.3, -0.25) is 0 Å². The Morgan fingerprint density at radius 2 is 2.00 bits per heavy atom. The van der Waals surface area contributed by atoms with Gasteiger partial charge in [-0.2, -0.15) is 4.31 Å². The van der Waals surface area contributed by atoms with E-state index in [1.807, 2.05) is 6.07 Å². The van der Waals surface area contributed by atoms with E-state index in [1.165, 1.54) is 0 Å². The average molecular weight is 297 g/mol. The molecule has 1 heterocycles. The van der Waals surface area contributed by atoms with Crippen LogP contribution < -0.4 is 0 Å². The Labute approximate surface area is 119 Å². The third-order valence-electron chi connectivity index (χ3n) is 4.13. The largest absolute Gasteiger partial charge is 0.377 e. The lowest BCUT2D eigenvalue weighted by atomic mass is 10.2. The molecule has 0 aromatic heterocycles. The maximum atomic E-state index is 12.8. The number of sulfonamides is 1. The van der Waals surface area contributed by atoms with Crippen LogP contribution in [0.3, 0.4) is 0 Å². The number of rotatable bonds is 3. The second kappa shape index (κ2) is 5.44. The van der Waals surface area contributed by atoms with Gasteiger partial charge in [0.05, 0.1) is 29.8 Å². The highest BCUT2D eigenvalue weighted by atomic mass is 32.2. The molecule has 2 fully saturated rings. The summed E-state index contributed by atoms with van der Waals surface area (Å²) in [6, 6.07) is 8.44. The summed E-state index contributed by atoms with van der Waals surface area (Å²) >= 11 is 0. The molecule has 0 spiro atoms. The zero-order valence-corrected chi connectivity index (χ0v) is 12.3. The zero-order chi connectivity index (χ0) is 14.2. The first kappa shape index (κ1) is 14.0. The number of benzene rings is 1. The Morgan fingerprint density at radius 1 is 1.25 bits per heavy atom. The molecule has 1 aliphatic heterocycles. The lowest BCUT2D eigenvalue weighted by Gasteiger charge is -2.29. The van der Waals surface area contributed by atoms with Crippen LogP contribution in [0, 0.1) is 0 Å². The normalized spacial score (nSPS) is 31.1. The van der Waals surface area contributed by atoms with Gasteiger partial charge < -0.3 is 9.47 Å². The van der Waals surface area contributed by atoms with Crippen LogP contribution in [-0.2, 0) is 19.5 Å². The van der Waals surface area contributed by atoms with Gasteiger partial charge in [0.1, 0.15) is 0 Å². The van der Waals surface area contributed by atoms with Crippen LogP contribution in [0.5, 0.6) is 0 Å². The molecule has 3 rings (SSSR count). The zero-order valence-electron chi connectivity index (χ0n) is 11.4. The van der Waals surface area contributed by atoms with Gasteiger partial charge in [-0.25, -0.2) is 8.42 Å². The van der Waals surface area contributed by atoms with Crippen molar-refractivity contribution >= 4 is 10.0 Å². The van der Waals surface area contributed by atoms with Crippen LogP contribution in [0.25, 0.3) is 0 Å². The monoisotopic (exact) mass is 297 g/mol. The summed E-state index contributed by atoms with van der Waals surface area (Å²) in [5, 5.41) is 0. The fourth-order valence-electron chi connectivity index (χ4n) is 3.19. The molecule has 110 valence electrons. The first-order valence-electron chi connectivity index (χ1n) is 6.86. The van der Waals surface area contributed by atoms with Crippen molar-refractivity contribution in [2.45, 2.75) is 36.0 Å². The SMILES string of the molecule is CO[C@@H]1[C@H]2CC[C@H]1OCCN2S(=O)(=O)c1ccccc1. The summed E-state index contributed by atoms with van der Waals surface area (Å²) in [6.45, 7) is 0.811. The fraction of sp³-hybridized carbons (Fsp3) is 0.571. The topological polar surface area (TPSA) is 55.8 Å². The Hall–Kier alpha value is -0.950. The van der Waals surface area contributed by atoms with Crippen molar-refractivity contribution in [3.63, 3.8) is 0 Å². The number of methoxy groups -OCH3 is 1. The molecule has 1 saturated carbocycles. The van der Waals surface area contributed by atoms with Crippen LogP contribution in [0.2, 0.25) is 0 Å². The van der Waals surface area contributed by atoms with E-state index in [9.17, 15) is 8.42 Å². The number of hydrogen-bond donors (Lipinski definition) is 0. The van der Waals surface area contributed by atoms with E-state index >= 15 is 0 Å². The predicted molar refractivity (Wildman–Crippen MR) is 73.9 cm³/mol. The summed E-state index contributed by atoms with van der Waals surface area (Å²) in [5.74, 6) is 0. The molecule has 1 aromatic rings. The molecule has 0 N–H and O–H groups in total. The third kappa shape index (κ3) is 2.26. The Bertz CT molecular complexity index is 560. The third-order valence-corrected chi connectivity index (χ3v) is 6.07. The van der Waals surface area contributed by atoms with Crippen LogP contribution in [-0.4, -0.2) is 51.2 Å². The van der Waals surface area contributed by atoms with Gasteiger partial charge in [-0.15, -0.1) is 0 Å². The number of hydrogen-bond acceptors (Lipinski definition) is 4. The van der Waals surface area contributed by atoms with Crippen molar-refractivity contribution < 1.29 is 17.9 Å². The van der Waals surface area contributed by atoms with Crippen molar-refractivity contribution in [3.8, 4) is 0 Å². The summed E-state index contributed by atoms with van der Waals surface area (Å²) in [4.78, 5) is 0.334. The van der Waals surface area contributed by atoms with E-state index in [2.05, 4.69) is 0 Å². The Balaban J connectivity index is 1.96. The summed E-state index contributed by atoms with van der Waals surface area (Å²) in [5.41, 5.74) is 0. The average Bonchev–Trinajstić information content (AvgIpc) is 2.74. The lowest BCUT2D eigenvalue weighted by molar-refractivity contribution is -0.0304. The molecule has 0 amide bonds. The van der Waals surface area contributed by atoms with E-state index in [1.54, 1.807) is 35.7 Å². The van der Waals surface area contributed by atoms with Gasteiger partial charge in [0.25, 0.3) is 0 Å². The second-order valence-electron chi connectivity index (χ2n) is 5.18. The number of fused-ring (bicyclic) bond motifs is 2. The van der Waals surface area contributed by atoms with Gasteiger partial charge in [0.15, 0.2) is 0 Å². The summed E-state index contributed by atoms with van der Waals surface area (Å²) in [7, 11) is -1.87. The van der Waals surface area contributed by atoms with Crippen LogP contribution in [0.15, 0.2) is 35.2 Å². The smallest absolute Gasteiger partial charge is 0.243 e. The molecule has 2 aliphatic rings. The molecule has 1 saturated heterocycles. The Kier molecular flexibility index (Phi) is 3.81. The molecule has 6 heteroatoms. The van der Waals surface area contributed by atoms with Gasteiger partial charge in [-0.1, -0.05) is 18.2 Å². The van der Waals surface area contributed by atoms with Gasteiger partial charge in [0, 0.05) is 13.7 Å². The number of nitrogens with zero attached hydrogens (tertiary/aromatic N) is 1. The quantitative estimate of drug-likeness (QED) is 0.842. The van der Waals surface area contributed by atoms with Crippen molar-refractivity contribution in [3.05, 3.63) is 30.3 Å². The van der Waals surface area contributed by atoms with Crippen molar-refractivity contribution in [1.29, 1.82) is 0 Å². The molecule has 0 radical (unpaired) electrons. The highest BCUT2D eigenvalue weighted by Gasteiger charge is 2.46. The summed E-state index contributed by atoms with van der Waals surface area (Å²) in [6.07, 6.45) is 1.48. The second-order valence-corrected chi connectivity index (χ2v) is 7.07. The van der Waals surface area contributed by atoms with Crippen LogP contribution >= 0.6 is 0 Å². The highest BCUT2D eigenvalue weighted by Crippen LogP contribution is 2.34. The van der Waals surface area contributed by atoms with E-state index < -0.39 is 10.0 Å². The van der Waals surface area contributed by atoms with E-state index in [-0.39, 0.29) is 18.2 Å². The first-order valence-corrected chi connectivity index (χ1v) is 8.30. The van der Waals surface area contributed by atoms with Crippen molar-refractivity contribution in [2.75, 3.05) is 20.3 Å². The molecule has 5 nitrogen and oxygen atoms in total. The maximum absolute atomic E-state index is 12.8. The maximum Gasteiger partial charge on any atom is 0.243 e. The molecule has 2 bridgehead atoms. The van der Waals surface area contributed by atoms with E-state index in [0.717, 1.165) is 12.8 Å². The van der Waals surface area contributed by atoms with E-state index in [0.29, 0.717) is 18.0 Å². The lowest BCUT2D eigenvalue weighted by Crippen LogP contribution is -2.46. The predicted octanol–water partition coefficient (Wildman–Crippen LogP) is 1.25. The summed E-state index contributed by atoms with van der Waals surface area (Å²) < 4.78 is 38.4. The van der Waals surface area contributed by atoms with Crippen LogP contribution in [0.4, 0.5) is 0 Å². The van der Waals surface area contributed by atoms with Gasteiger partial charge in [0.2, 0.25) is 10.0 Å². The van der Waals surface area contributed by atoms with Crippen molar-refractivity contribution in [1.82, 2.24) is 4.31 Å². The molecule has 20 heavy (non-hydrogen) atoms. The highest BCUT2D eigenvalue weighted by molar-refractivity contribution is 7.89. The first-order chi connectivity index (χ1) is 9.64. The minimum atomic E-state index is -3.49. The Morgan fingerprint density at radius 3 is 2.70 bits per heavy atom. The molecule has 0 unspecified atom stereocenters. The van der Waals surface area contributed by atoms with Crippen molar-refractivity contribution in [2.24, 2.45) is 0 Å². The molecular formula is C14H19NO4S. The molecule has 3 atom stereocenters. The minimum Gasteiger partial charge on any atom is -0.377 e. The standard InChI is InChI=1S/C14H19NO4S/c1-18-14-12-7-8-13(14)19-10-9-15(12)20(16,17)11-5-3-2-4-6-11/h2-6,12-14H,7-10H2,1H3/t12-,13-,14-/m1/s1. The molecular weight excluding hydrogens is 278 g/mol.